The Bertz CT molecular complexity index is 802. The molecule has 1 aromatic carbocycles. The Labute approximate surface area is 170 Å². The largest absolute Gasteiger partial charge is 0.496 e. The molecule has 1 fully saturated rings. The molecule has 0 aliphatic carbocycles. The van der Waals surface area contributed by atoms with Crippen LogP contribution in [0.25, 0.3) is 6.08 Å². The maximum Gasteiger partial charge on any atom is 0.294 e. The molecule has 1 aliphatic heterocycles. The lowest BCUT2D eigenvalue weighted by Gasteiger charge is -2.15. The second-order valence-electron chi connectivity index (χ2n) is 7.08. The molecular weight excluding hydrogens is 376 g/mol. The third-order valence-corrected chi connectivity index (χ3v) is 5.46. The van der Waals surface area contributed by atoms with E-state index in [1.807, 2.05) is 26.0 Å². The van der Waals surface area contributed by atoms with E-state index >= 15 is 0 Å². The molecule has 0 bridgehead atoms. The Kier molecular flexibility index (Phi) is 7.69. The minimum Gasteiger partial charge on any atom is -0.496 e. The van der Waals surface area contributed by atoms with Crippen molar-refractivity contribution in [2.45, 2.75) is 46.5 Å². The highest BCUT2D eigenvalue weighted by atomic mass is 32.2. The van der Waals surface area contributed by atoms with Gasteiger partial charge in [0.2, 0.25) is 5.91 Å². The van der Waals surface area contributed by atoms with Gasteiger partial charge in [0.15, 0.2) is 0 Å². The monoisotopic (exact) mass is 404 g/mol. The third kappa shape index (κ3) is 5.16. The van der Waals surface area contributed by atoms with E-state index in [0.717, 1.165) is 51.9 Å². The molecule has 28 heavy (non-hydrogen) atoms. The number of unbranched alkanes of at least 4 members (excludes halogenated alkanes) is 1. The van der Waals surface area contributed by atoms with E-state index in [2.05, 4.69) is 19.2 Å². The van der Waals surface area contributed by atoms with Gasteiger partial charge < -0.3 is 10.1 Å². The predicted octanol–water partition coefficient (Wildman–Crippen LogP) is 4.08. The average molecular weight is 405 g/mol. The fourth-order valence-electron chi connectivity index (χ4n) is 2.88. The second-order valence-corrected chi connectivity index (χ2v) is 8.07. The zero-order valence-corrected chi connectivity index (χ0v) is 17.9. The van der Waals surface area contributed by atoms with Crippen LogP contribution in [0.4, 0.5) is 4.79 Å². The lowest BCUT2D eigenvalue weighted by atomic mass is 9.96. The quantitative estimate of drug-likeness (QED) is 0.522. The molecule has 1 N–H and O–H groups in total. The molecule has 152 valence electrons. The van der Waals surface area contributed by atoms with Gasteiger partial charge in [0, 0.05) is 6.54 Å². The molecule has 1 aromatic rings. The van der Waals surface area contributed by atoms with Gasteiger partial charge in [-0.1, -0.05) is 27.2 Å². The maximum absolute atomic E-state index is 12.7. The average Bonchev–Trinajstić information content (AvgIpc) is 2.90. The number of hydrogen-bond donors (Lipinski definition) is 1. The topological polar surface area (TPSA) is 75.7 Å². The minimum absolute atomic E-state index is 0.245. The summed E-state index contributed by atoms with van der Waals surface area (Å²) >= 11 is 0.867. The first-order valence-electron chi connectivity index (χ1n) is 9.49. The number of hydrogen-bond acceptors (Lipinski definition) is 5. The maximum atomic E-state index is 12.7. The normalized spacial score (nSPS) is 15.6. The van der Waals surface area contributed by atoms with Crippen LogP contribution in [0, 0.1) is 6.92 Å². The highest BCUT2D eigenvalue weighted by Crippen LogP contribution is 2.35. The fourth-order valence-corrected chi connectivity index (χ4v) is 3.71. The van der Waals surface area contributed by atoms with Crippen LogP contribution in [0.1, 0.15) is 56.2 Å². The van der Waals surface area contributed by atoms with Crippen LogP contribution < -0.4 is 10.1 Å². The summed E-state index contributed by atoms with van der Waals surface area (Å²) in [5.74, 6) is 0.313. The number of methoxy groups -OCH3 is 1. The number of carbonyl (C=O) groups excluding carboxylic acids is 3. The Morgan fingerprint density at radius 1 is 1.32 bits per heavy atom. The van der Waals surface area contributed by atoms with E-state index in [1.54, 1.807) is 13.2 Å². The molecule has 0 unspecified atom stereocenters. The number of nitrogens with zero attached hydrogens (tertiary/aromatic N) is 1. The standard InChI is InChI=1S/C21H28N2O4S/c1-6-7-8-22-19(24)12-23-20(25)18(28-21(23)26)11-15-10-16(13(2)3)17(27-5)9-14(15)4/h9-11,13H,6-8,12H2,1-5H3,(H,22,24)/b18-11-. The van der Waals surface area contributed by atoms with Crippen molar-refractivity contribution in [1.82, 2.24) is 10.2 Å². The van der Waals surface area contributed by atoms with Crippen molar-refractivity contribution < 1.29 is 19.1 Å². The van der Waals surface area contributed by atoms with Gasteiger partial charge in [-0.3, -0.25) is 19.3 Å². The predicted molar refractivity (Wildman–Crippen MR) is 112 cm³/mol. The van der Waals surface area contributed by atoms with E-state index in [9.17, 15) is 14.4 Å². The van der Waals surface area contributed by atoms with Crippen molar-refractivity contribution >= 4 is 34.9 Å². The molecule has 0 aromatic heterocycles. The fraction of sp³-hybridized carbons (Fsp3) is 0.476. The number of thioether (sulfide) groups is 1. The van der Waals surface area contributed by atoms with Crippen LogP contribution in [0.15, 0.2) is 17.0 Å². The minimum atomic E-state index is -0.429. The van der Waals surface area contributed by atoms with E-state index < -0.39 is 11.1 Å². The van der Waals surface area contributed by atoms with Gasteiger partial charge >= 0.3 is 0 Å². The first-order chi connectivity index (χ1) is 13.3. The lowest BCUT2D eigenvalue weighted by molar-refractivity contribution is -0.129. The summed E-state index contributed by atoms with van der Waals surface area (Å²) in [6.07, 6.45) is 3.55. The Morgan fingerprint density at radius 2 is 2.04 bits per heavy atom. The van der Waals surface area contributed by atoms with Gasteiger partial charge in [0.05, 0.1) is 12.0 Å². The number of amides is 3. The highest BCUT2D eigenvalue weighted by Gasteiger charge is 2.36. The summed E-state index contributed by atoms with van der Waals surface area (Å²) in [6, 6.07) is 3.93. The Balaban J connectivity index is 2.21. The summed E-state index contributed by atoms with van der Waals surface area (Å²) in [4.78, 5) is 38.2. The smallest absolute Gasteiger partial charge is 0.294 e. The number of carbonyl (C=O) groups is 3. The molecule has 6 nitrogen and oxygen atoms in total. The number of rotatable bonds is 8. The summed E-state index contributed by atoms with van der Waals surface area (Å²) in [5.41, 5.74) is 2.85. The summed E-state index contributed by atoms with van der Waals surface area (Å²) < 4.78 is 5.45. The van der Waals surface area contributed by atoms with Gasteiger partial charge in [-0.25, -0.2) is 0 Å². The molecule has 7 heteroatoms. The zero-order chi connectivity index (χ0) is 20.8. The summed E-state index contributed by atoms with van der Waals surface area (Å²) in [6.45, 7) is 8.40. The molecule has 0 spiro atoms. The SMILES string of the molecule is CCCCNC(=O)CN1C(=O)S/C(=C\c2cc(C(C)C)c(OC)cc2C)C1=O. The molecule has 1 aliphatic rings. The molecule has 1 saturated heterocycles. The molecular formula is C21H28N2O4S. The number of nitrogens with one attached hydrogen (secondary N) is 1. The second kappa shape index (κ2) is 9.78. The first-order valence-corrected chi connectivity index (χ1v) is 10.3. The van der Waals surface area contributed by atoms with Crippen molar-refractivity contribution in [3.8, 4) is 5.75 Å². The Morgan fingerprint density at radius 3 is 2.64 bits per heavy atom. The van der Waals surface area contributed by atoms with Crippen molar-refractivity contribution in [3.05, 3.63) is 33.7 Å². The Hall–Kier alpha value is -2.28. The molecule has 0 atom stereocenters. The van der Waals surface area contributed by atoms with E-state index in [4.69, 9.17) is 4.74 Å². The van der Waals surface area contributed by atoms with Crippen LogP contribution >= 0.6 is 11.8 Å². The van der Waals surface area contributed by atoms with Crippen molar-refractivity contribution in [2.24, 2.45) is 0 Å². The molecule has 0 saturated carbocycles. The molecule has 0 radical (unpaired) electrons. The summed E-state index contributed by atoms with van der Waals surface area (Å²) in [7, 11) is 1.64. The number of benzene rings is 1. The van der Waals surface area contributed by atoms with Gasteiger partial charge in [-0.2, -0.15) is 0 Å². The van der Waals surface area contributed by atoms with Gasteiger partial charge in [0.25, 0.3) is 11.1 Å². The zero-order valence-electron chi connectivity index (χ0n) is 17.1. The van der Waals surface area contributed by atoms with Gasteiger partial charge in [-0.15, -0.1) is 0 Å². The van der Waals surface area contributed by atoms with Crippen LogP contribution in [0.2, 0.25) is 0 Å². The van der Waals surface area contributed by atoms with Crippen LogP contribution in [-0.2, 0) is 9.59 Å². The highest BCUT2D eigenvalue weighted by molar-refractivity contribution is 8.18. The van der Waals surface area contributed by atoms with E-state index in [-0.39, 0.29) is 18.4 Å². The third-order valence-electron chi connectivity index (χ3n) is 4.55. The molecule has 3 amide bonds. The first kappa shape index (κ1) is 22.0. The summed E-state index contributed by atoms with van der Waals surface area (Å²) in [5, 5.41) is 2.31. The van der Waals surface area contributed by atoms with Crippen LogP contribution in [0.5, 0.6) is 5.75 Å². The molecule has 2 rings (SSSR count). The number of ether oxygens (including phenoxy) is 1. The van der Waals surface area contributed by atoms with Crippen molar-refractivity contribution in [3.63, 3.8) is 0 Å². The number of aryl methyl sites for hydroxylation is 1. The van der Waals surface area contributed by atoms with Gasteiger partial charge in [-0.05, 0) is 65.9 Å². The number of imide groups is 1. The van der Waals surface area contributed by atoms with Gasteiger partial charge in [0.1, 0.15) is 12.3 Å². The lowest BCUT2D eigenvalue weighted by Crippen LogP contribution is -2.39. The molecule has 1 heterocycles. The van der Waals surface area contributed by atoms with E-state index in [0.29, 0.717) is 11.4 Å². The van der Waals surface area contributed by atoms with E-state index in [1.165, 1.54) is 0 Å². The van der Waals surface area contributed by atoms with Crippen molar-refractivity contribution in [1.29, 1.82) is 0 Å². The van der Waals surface area contributed by atoms with Crippen LogP contribution in [0.3, 0.4) is 0 Å². The van der Waals surface area contributed by atoms with Crippen LogP contribution in [-0.4, -0.2) is 42.2 Å². The van der Waals surface area contributed by atoms with Crippen molar-refractivity contribution in [2.75, 3.05) is 20.2 Å².